The minimum atomic E-state index is -3.45. The number of fused-ring (bicyclic) bond motifs is 1. The second-order valence-electron chi connectivity index (χ2n) is 8.53. The minimum absolute atomic E-state index is 0.125. The van der Waals surface area contributed by atoms with Gasteiger partial charge in [-0.3, -0.25) is 9.36 Å². The third-order valence-electron chi connectivity index (χ3n) is 5.17. The van der Waals surface area contributed by atoms with Gasteiger partial charge in [0.05, 0.1) is 33.9 Å². The first-order chi connectivity index (χ1) is 15.9. The van der Waals surface area contributed by atoms with Gasteiger partial charge in [0.15, 0.2) is 0 Å². The van der Waals surface area contributed by atoms with Crippen molar-refractivity contribution < 1.29 is 18.3 Å². The maximum absolute atomic E-state index is 13.6. The highest BCUT2D eigenvalue weighted by molar-refractivity contribution is 7.88. The molecular formula is C23H27ClN4O5S. The van der Waals surface area contributed by atoms with Crippen molar-refractivity contribution in [3.05, 3.63) is 69.2 Å². The van der Waals surface area contributed by atoms with Gasteiger partial charge in [0.2, 0.25) is 10.0 Å². The molecule has 2 aromatic carbocycles. The van der Waals surface area contributed by atoms with Gasteiger partial charge in [-0.1, -0.05) is 43.6 Å². The number of sulfonamides is 1. The summed E-state index contributed by atoms with van der Waals surface area (Å²) in [5.41, 5.74) is 0.978. The van der Waals surface area contributed by atoms with Crippen molar-refractivity contribution in [3.8, 4) is 5.69 Å². The van der Waals surface area contributed by atoms with Gasteiger partial charge in [-0.05, 0) is 42.7 Å². The molecule has 2 N–H and O–H groups in total. The summed E-state index contributed by atoms with van der Waals surface area (Å²) in [5, 5.41) is 12.0. The van der Waals surface area contributed by atoms with E-state index in [1.54, 1.807) is 49.4 Å². The van der Waals surface area contributed by atoms with E-state index in [1.165, 1.54) is 8.87 Å². The van der Waals surface area contributed by atoms with Crippen molar-refractivity contribution in [3.63, 3.8) is 0 Å². The summed E-state index contributed by atoms with van der Waals surface area (Å²) in [6, 6.07) is 10.9. The van der Waals surface area contributed by atoms with E-state index in [1.807, 2.05) is 13.8 Å². The van der Waals surface area contributed by atoms with Crippen molar-refractivity contribution >= 4 is 38.6 Å². The monoisotopic (exact) mass is 506 g/mol. The quantitative estimate of drug-likeness (QED) is 0.479. The van der Waals surface area contributed by atoms with Gasteiger partial charge in [-0.25, -0.2) is 18.2 Å². The lowest BCUT2D eigenvalue weighted by molar-refractivity contribution is 0.190. The number of nitrogens with one attached hydrogen (secondary N) is 1. The minimum Gasteiger partial charge on any atom is -0.465 e. The molecule has 0 aliphatic heterocycles. The molecule has 1 unspecified atom stereocenters. The number of carboxylic acid groups (broad SMARTS) is 1. The number of nitrogens with zero attached hydrogens (tertiary/aromatic N) is 3. The molecular weight excluding hydrogens is 480 g/mol. The summed E-state index contributed by atoms with van der Waals surface area (Å²) in [4.78, 5) is 29.4. The molecule has 0 saturated carbocycles. The molecule has 1 amide bonds. The Morgan fingerprint density at radius 3 is 2.50 bits per heavy atom. The van der Waals surface area contributed by atoms with Crippen LogP contribution in [0.15, 0.2) is 47.3 Å². The maximum atomic E-state index is 13.6. The highest BCUT2D eigenvalue weighted by atomic mass is 35.5. The molecule has 1 atom stereocenters. The lowest BCUT2D eigenvalue weighted by atomic mass is 10.1. The first-order valence-corrected chi connectivity index (χ1v) is 12.9. The van der Waals surface area contributed by atoms with Crippen LogP contribution in [0.1, 0.15) is 38.2 Å². The molecule has 182 valence electrons. The highest BCUT2D eigenvalue weighted by Gasteiger charge is 2.22. The molecule has 0 radical (unpaired) electrons. The van der Waals surface area contributed by atoms with Crippen LogP contribution in [0, 0.1) is 5.92 Å². The Morgan fingerprint density at radius 2 is 1.88 bits per heavy atom. The molecule has 11 heteroatoms. The third kappa shape index (κ3) is 5.75. The average Bonchev–Trinajstić information content (AvgIpc) is 2.71. The van der Waals surface area contributed by atoms with E-state index >= 15 is 0 Å². The van der Waals surface area contributed by atoms with Gasteiger partial charge in [0, 0.05) is 13.1 Å². The van der Waals surface area contributed by atoms with E-state index in [9.17, 15) is 23.1 Å². The van der Waals surface area contributed by atoms with Crippen LogP contribution in [0.3, 0.4) is 0 Å². The summed E-state index contributed by atoms with van der Waals surface area (Å²) in [5.74, 6) is 0.309. The first kappa shape index (κ1) is 25.7. The van der Waals surface area contributed by atoms with E-state index in [0.29, 0.717) is 23.3 Å². The third-order valence-corrected chi connectivity index (χ3v) is 6.70. The van der Waals surface area contributed by atoms with Crippen molar-refractivity contribution in [1.82, 2.24) is 19.2 Å². The van der Waals surface area contributed by atoms with Crippen molar-refractivity contribution in [2.75, 3.05) is 12.8 Å². The van der Waals surface area contributed by atoms with E-state index < -0.39 is 27.7 Å². The molecule has 0 spiro atoms. The number of carbonyl (C=O) groups is 1. The zero-order chi connectivity index (χ0) is 25.2. The second-order valence-corrected chi connectivity index (χ2v) is 10.9. The molecule has 0 aliphatic rings. The Morgan fingerprint density at radius 1 is 1.21 bits per heavy atom. The predicted octanol–water partition coefficient (Wildman–Crippen LogP) is 3.79. The Labute approximate surface area is 203 Å². The van der Waals surface area contributed by atoms with Crippen LogP contribution < -0.4 is 10.9 Å². The molecule has 0 saturated heterocycles. The molecule has 9 nitrogen and oxygen atoms in total. The average molecular weight is 507 g/mol. The zero-order valence-electron chi connectivity index (χ0n) is 19.3. The van der Waals surface area contributed by atoms with Crippen LogP contribution in [-0.4, -0.2) is 46.3 Å². The van der Waals surface area contributed by atoms with Crippen LogP contribution in [0.4, 0.5) is 4.79 Å². The molecule has 0 fully saturated rings. The van der Waals surface area contributed by atoms with E-state index in [0.717, 1.165) is 6.26 Å². The molecule has 3 rings (SSSR count). The van der Waals surface area contributed by atoms with E-state index in [4.69, 9.17) is 11.6 Å². The SMILES string of the molecule is CC(C)CN(Cc1cccc(-n2c(C(C)NC(=O)O)nc3cccc(Cl)c3c2=O)c1)S(C)(=O)=O. The van der Waals surface area contributed by atoms with Gasteiger partial charge in [0.1, 0.15) is 5.82 Å². The van der Waals surface area contributed by atoms with Gasteiger partial charge in [-0.15, -0.1) is 0 Å². The number of halogens is 1. The van der Waals surface area contributed by atoms with Gasteiger partial charge >= 0.3 is 6.09 Å². The highest BCUT2D eigenvalue weighted by Crippen LogP contribution is 2.23. The van der Waals surface area contributed by atoms with Crippen LogP contribution in [-0.2, 0) is 16.6 Å². The fourth-order valence-corrected chi connectivity index (χ4v) is 4.92. The number of rotatable bonds is 8. The smallest absolute Gasteiger partial charge is 0.405 e. The summed E-state index contributed by atoms with van der Waals surface area (Å²) in [6.07, 6.45) is -0.0956. The van der Waals surface area contributed by atoms with Crippen LogP contribution >= 0.6 is 11.6 Å². The summed E-state index contributed by atoms with van der Waals surface area (Å²) < 4.78 is 27.3. The van der Waals surface area contributed by atoms with Crippen molar-refractivity contribution in [2.45, 2.75) is 33.4 Å². The Kier molecular flexibility index (Phi) is 7.64. The van der Waals surface area contributed by atoms with Gasteiger partial charge < -0.3 is 10.4 Å². The van der Waals surface area contributed by atoms with Gasteiger partial charge in [-0.2, -0.15) is 4.31 Å². The molecule has 34 heavy (non-hydrogen) atoms. The number of benzene rings is 2. The number of amides is 1. The largest absolute Gasteiger partial charge is 0.465 e. The zero-order valence-corrected chi connectivity index (χ0v) is 20.9. The standard InChI is InChI=1S/C23H27ClN4O5S/c1-14(2)12-27(34(4,32)33)13-16-7-5-8-17(11-16)28-21(15(3)25-23(30)31)26-19-10-6-9-18(24)20(19)22(28)29/h5-11,14-15,25H,12-13H2,1-4H3,(H,30,31). The fraction of sp³-hybridized carbons (Fsp3) is 0.348. The van der Waals surface area contributed by atoms with Crippen LogP contribution in [0.5, 0.6) is 0 Å². The number of aromatic nitrogens is 2. The number of hydrogen-bond donors (Lipinski definition) is 2. The molecule has 1 heterocycles. The summed E-state index contributed by atoms with van der Waals surface area (Å²) in [6.45, 7) is 5.92. The molecule has 0 bridgehead atoms. The maximum Gasteiger partial charge on any atom is 0.405 e. The number of hydrogen-bond acceptors (Lipinski definition) is 5. The Balaban J connectivity index is 2.20. The second kappa shape index (κ2) is 10.1. The first-order valence-electron chi connectivity index (χ1n) is 10.6. The lowest BCUT2D eigenvalue weighted by Crippen LogP contribution is -2.33. The summed E-state index contributed by atoms with van der Waals surface area (Å²) in [7, 11) is -3.45. The van der Waals surface area contributed by atoms with Gasteiger partial charge in [0.25, 0.3) is 5.56 Å². The lowest BCUT2D eigenvalue weighted by Gasteiger charge is -2.23. The topological polar surface area (TPSA) is 122 Å². The van der Waals surface area contributed by atoms with E-state index in [2.05, 4.69) is 10.3 Å². The normalized spacial score (nSPS) is 12.9. The molecule has 0 aliphatic carbocycles. The van der Waals surface area contributed by atoms with E-state index in [-0.39, 0.29) is 28.7 Å². The van der Waals surface area contributed by atoms with Crippen molar-refractivity contribution in [2.24, 2.45) is 5.92 Å². The van der Waals surface area contributed by atoms with Crippen LogP contribution in [0.25, 0.3) is 16.6 Å². The summed E-state index contributed by atoms with van der Waals surface area (Å²) >= 11 is 6.30. The van der Waals surface area contributed by atoms with Crippen LogP contribution in [0.2, 0.25) is 5.02 Å². The Bertz CT molecular complexity index is 1390. The Hall–Kier alpha value is -2.95. The fourth-order valence-electron chi connectivity index (χ4n) is 3.72. The molecule has 3 aromatic rings. The van der Waals surface area contributed by atoms with Crippen molar-refractivity contribution in [1.29, 1.82) is 0 Å². The molecule has 1 aromatic heterocycles. The predicted molar refractivity (Wildman–Crippen MR) is 132 cm³/mol.